The van der Waals surface area contributed by atoms with Crippen LogP contribution in [0.3, 0.4) is 0 Å². The summed E-state index contributed by atoms with van der Waals surface area (Å²) in [6, 6.07) is 6.62. The lowest BCUT2D eigenvalue weighted by atomic mass is 9.98. The van der Waals surface area contributed by atoms with Crippen LogP contribution < -0.4 is 10.6 Å². The molecule has 2 rings (SSSR count). The molecule has 144 valence electrons. The van der Waals surface area contributed by atoms with Gasteiger partial charge >= 0.3 is 5.97 Å². The number of hydrogen-bond acceptors (Lipinski definition) is 4. The minimum atomic E-state index is -0.482. The maximum Gasteiger partial charge on any atom is 0.330 e. The molecule has 27 heavy (non-hydrogen) atoms. The summed E-state index contributed by atoms with van der Waals surface area (Å²) in [4.78, 5) is 35.6. The molecule has 2 N–H and O–H groups in total. The van der Waals surface area contributed by atoms with Gasteiger partial charge in [0.25, 0.3) is 0 Å². The molecule has 0 aromatic heterocycles. The van der Waals surface area contributed by atoms with Crippen LogP contribution in [0.1, 0.15) is 25.3 Å². The van der Waals surface area contributed by atoms with Crippen molar-refractivity contribution in [2.75, 3.05) is 13.2 Å². The maximum absolute atomic E-state index is 12.2. The van der Waals surface area contributed by atoms with Crippen LogP contribution in [0.2, 0.25) is 5.02 Å². The van der Waals surface area contributed by atoms with E-state index in [4.69, 9.17) is 16.3 Å². The number of rotatable bonds is 8. The first kappa shape index (κ1) is 20.7. The van der Waals surface area contributed by atoms with Gasteiger partial charge in [-0.25, -0.2) is 4.79 Å². The minimum Gasteiger partial charge on any atom is -0.463 e. The van der Waals surface area contributed by atoms with Crippen molar-refractivity contribution in [3.05, 3.63) is 53.1 Å². The van der Waals surface area contributed by atoms with E-state index in [0.717, 1.165) is 5.56 Å². The molecule has 1 aliphatic rings. The van der Waals surface area contributed by atoms with Gasteiger partial charge in [-0.2, -0.15) is 0 Å². The molecule has 0 unspecified atom stereocenters. The number of ether oxygens (including phenoxy) is 1. The van der Waals surface area contributed by atoms with Crippen LogP contribution >= 0.6 is 11.6 Å². The van der Waals surface area contributed by atoms with Gasteiger partial charge in [-0.1, -0.05) is 29.8 Å². The number of amides is 2. The predicted molar refractivity (Wildman–Crippen MR) is 104 cm³/mol. The van der Waals surface area contributed by atoms with Gasteiger partial charge in [-0.05, 0) is 43.5 Å². The lowest BCUT2D eigenvalue weighted by Gasteiger charge is -2.17. The van der Waals surface area contributed by atoms with Gasteiger partial charge in [0.2, 0.25) is 11.8 Å². The van der Waals surface area contributed by atoms with Crippen molar-refractivity contribution in [3.8, 4) is 0 Å². The first-order valence-corrected chi connectivity index (χ1v) is 9.22. The highest BCUT2D eigenvalue weighted by Gasteiger charge is 2.26. The average molecular weight is 391 g/mol. The molecule has 2 amide bonds. The zero-order valence-electron chi connectivity index (χ0n) is 15.1. The zero-order chi connectivity index (χ0) is 19.6. The SMILES string of the molecule is CCOC(=O)/C=C/[C@H](C[C@@H]1CCNC1=O)NC(=O)/C=C/c1ccc(Cl)cc1. The molecule has 2 atom stereocenters. The van der Waals surface area contributed by atoms with Gasteiger partial charge < -0.3 is 15.4 Å². The van der Waals surface area contributed by atoms with E-state index < -0.39 is 12.0 Å². The van der Waals surface area contributed by atoms with Crippen LogP contribution in [-0.4, -0.2) is 37.0 Å². The largest absolute Gasteiger partial charge is 0.463 e. The van der Waals surface area contributed by atoms with E-state index in [1.54, 1.807) is 43.3 Å². The smallest absolute Gasteiger partial charge is 0.330 e. The fourth-order valence-corrected chi connectivity index (χ4v) is 2.85. The highest BCUT2D eigenvalue weighted by atomic mass is 35.5. The Balaban J connectivity index is 2.00. The van der Waals surface area contributed by atoms with Gasteiger partial charge in [0.15, 0.2) is 0 Å². The Morgan fingerprint density at radius 2 is 2.07 bits per heavy atom. The summed E-state index contributed by atoms with van der Waals surface area (Å²) in [6.45, 7) is 2.62. The first-order valence-electron chi connectivity index (χ1n) is 8.84. The van der Waals surface area contributed by atoms with E-state index in [0.29, 0.717) is 24.4 Å². The van der Waals surface area contributed by atoms with Crippen molar-refractivity contribution in [1.82, 2.24) is 10.6 Å². The Morgan fingerprint density at radius 3 is 2.70 bits per heavy atom. The van der Waals surface area contributed by atoms with Gasteiger partial charge in [0.05, 0.1) is 6.61 Å². The summed E-state index contributed by atoms with van der Waals surface area (Å²) in [7, 11) is 0. The molecule has 1 fully saturated rings. The molecule has 0 aliphatic carbocycles. The standard InChI is InChI=1S/C20H23ClN2O4/c1-2-27-19(25)10-8-17(13-15-11-12-22-20(15)26)23-18(24)9-5-14-3-6-16(21)7-4-14/h3-10,15,17H,2,11-13H2,1H3,(H,22,26)(H,23,24)/b9-5+,10-8+/t15-,17+/m0/s1. The molecule has 6 nitrogen and oxygen atoms in total. The van der Waals surface area contributed by atoms with E-state index in [2.05, 4.69) is 10.6 Å². The third-order valence-corrected chi connectivity index (χ3v) is 4.33. The highest BCUT2D eigenvalue weighted by molar-refractivity contribution is 6.30. The lowest BCUT2D eigenvalue weighted by Crippen LogP contribution is -2.35. The van der Waals surface area contributed by atoms with Gasteiger partial charge in [0, 0.05) is 35.7 Å². The van der Waals surface area contributed by atoms with Gasteiger partial charge in [-0.15, -0.1) is 0 Å². The molecule has 1 aromatic rings. The quantitative estimate of drug-likeness (QED) is 0.527. The molecular formula is C20H23ClN2O4. The summed E-state index contributed by atoms with van der Waals surface area (Å²) in [5, 5.41) is 6.21. The third kappa shape index (κ3) is 7.27. The Hall–Kier alpha value is -2.60. The summed E-state index contributed by atoms with van der Waals surface area (Å²) in [5.74, 6) is -1.02. The second-order valence-corrected chi connectivity index (χ2v) is 6.56. The summed E-state index contributed by atoms with van der Waals surface area (Å²) >= 11 is 5.84. The number of halogens is 1. The van der Waals surface area contributed by atoms with Crippen LogP contribution in [0.25, 0.3) is 6.08 Å². The first-order chi connectivity index (χ1) is 13.0. The average Bonchev–Trinajstić information content (AvgIpc) is 3.04. The topological polar surface area (TPSA) is 84.5 Å². The van der Waals surface area contributed by atoms with E-state index >= 15 is 0 Å². The number of carbonyl (C=O) groups is 3. The zero-order valence-corrected chi connectivity index (χ0v) is 15.9. The Kier molecular flexibility index (Phi) is 8.07. The van der Waals surface area contributed by atoms with Crippen molar-refractivity contribution in [3.63, 3.8) is 0 Å². The van der Waals surface area contributed by atoms with Crippen LogP contribution in [0.15, 0.2) is 42.5 Å². The highest BCUT2D eigenvalue weighted by Crippen LogP contribution is 2.17. The summed E-state index contributed by atoms with van der Waals surface area (Å²) in [5.41, 5.74) is 0.836. The van der Waals surface area contributed by atoms with Crippen LogP contribution in [-0.2, 0) is 19.1 Å². The molecular weight excluding hydrogens is 368 g/mol. The Bertz CT molecular complexity index is 728. The number of nitrogens with one attached hydrogen (secondary N) is 2. The summed E-state index contributed by atoms with van der Waals surface area (Å²) < 4.78 is 4.86. The van der Waals surface area contributed by atoms with E-state index in [-0.39, 0.29) is 24.3 Å². The van der Waals surface area contributed by atoms with Crippen molar-refractivity contribution in [1.29, 1.82) is 0 Å². The van der Waals surface area contributed by atoms with Crippen molar-refractivity contribution < 1.29 is 19.1 Å². The monoisotopic (exact) mass is 390 g/mol. The fourth-order valence-electron chi connectivity index (χ4n) is 2.72. The molecule has 0 bridgehead atoms. The molecule has 1 heterocycles. The van der Waals surface area contributed by atoms with Crippen LogP contribution in [0, 0.1) is 5.92 Å². The second-order valence-electron chi connectivity index (χ2n) is 6.12. The van der Waals surface area contributed by atoms with Crippen LogP contribution in [0.4, 0.5) is 0 Å². The lowest BCUT2D eigenvalue weighted by molar-refractivity contribution is -0.137. The number of benzene rings is 1. The number of hydrogen-bond donors (Lipinski definition) is 2. The van der Waals surface area contributed by atoms with Crippen LogP contribution in [0.5, 0.6) is 0 Å². The fraction of sp³-hybridized carbons (Fsp3) is 0.350. The molecule has 1 aliphatic heterocycles. The van der Waals surface area contributed by atoms with Gasteiger partial charge in [-0.3, -0.25) is 9.59 Å². The van der Waals surface area contributed by atoms with Crippen molar-refractivity contribution in [2.24, 2.45) is 5.92 Å². The summed E-state index contributed by atoms with van der Waals surface area (Å²) in [6.07, 6.45) is 7.05. The molecule has 0 spiro atoms. The molecule has 0 saturated carbocycles. The molecule has 0 radical (unpaired) electrons. The third-order valence-electron chi connectivity index (χ3n) is 4.08. The predicted octanol–water partition coefficient (Wildman–Crippen LogP) is 2.48. The molecule has 1 saturated heterocycles. The van der Waals surface area contributed by atoms with E-state index in [9.17, 15) is 14.4 Å². The number of esters is 1. The maximum atomic E-state index is 12.2. The Labute approximate surface area is 163 Å². The van der Waals surface area contributed by atoms with E-state index in [1.165, 1.54) is 12.2 Å². The second kappa shape index (κ2) is 10.5. The normalized spacial score (nSPS) is 17.9. The van der Waals surface area contributed by atoms with Crippen molar-refractivity contribution >= 4 is 35.5 Å². The van der Waals surface area contributed by atoms with Gasteiger partial charge in [0.1, 0.15) is 0 Å². The molecule has 1 aromatic carbocycles. The molecule has 7 heteroatoms. The van der Waals surface area contributed by atoms with Crippen molar-refractivity contribution in [2.45, 2.75) is 25.8 Å². The van der Waals surface area contributed by atoms with E-state index in [1.807, 2.05) is 0 Å². The Morgan fingerprint density at radius 1 is 1.33 bits per heavy atom. The number of carbonyl (C=O) groups excluding carboxylic acids is 3. The minimum absolute atomic E-state index is 0.0320.